The molecule has 1 aliphatic rings. The molecule has 0 bridgehead atoms. The number of alkyl halides is 1. The first-order valence-electron chi connectivity index (χ1n) is 5.51. The van der Waals surface area contributed by atoms with Crippen LogP contribution in [0.25, 0.3) is 0 Å². The SMILES string of the molecule is CS(=O)(=O)CCS(=O)(=O)NC1CCCCC1Br. The maximum Gasteiger partial charge on any atom is 0.212 e. The second-order valence-electron chi connectivity index (χ2n) is 4.47. The molecule has 1 rings (SSSR count). The molecule has 1 N–H and O–H groups in total. The average Bonchev–Trinajstić information content (AvgIpc) is 2.18. The molecule has 5 nitrogen and oxygen atoms in total. The fourth-order valence-electron chi connectivity index (χ4n) is 1.77. The zero-order valence-electron chi connectivity index (χ0n) is 9.72. The summed E-state index contributed by atoms with van der Waals surface area (Å²) in [6, 6.07) is -0.117. The Morgan fingerprint density at radius 1 is 1.12 bits per heavy atom. The molecule has 1 fully saturated rings. The molecule has 0 aromatic rings. The maximum atomic E-state index is 11.7. The second-order valence-corrected chi connectivity index (χ2v) is 9.78. The van der Waals surface area contributed by atoms with Gasteiger partial charge in [-0.2, -0.15) is 0 Å². The van der Waals surface area contributed by atoms with Crippen molar-refractivity contribution >= 4 is 35.8 Å². The average molecular weight is 348 g/mol. The highest BCUT2D eigenvalue weighted by atomic mass is 79.9. The van der Waals surface area contributed by atoms with Crippen molar-refractivity contribution in [2.45, 2.75) is 36.6 Å². The van der Waals surface area contributed by atoms with Crippen LogP contribution in [0.5, 0.6) is 0 Å². The van der Waals surface area contributed by atoms with Crippen molar-refractivity contribution in [1.29, 1.82) is 0 Å². The minimum absolute atomic E-state index is 0.117. The van der Waals surface area contributed by atoms with E-state index in [0.29, 0.717) is 0 Å². The fraction of sp³-hybridized carbons (Fsp3) is 1.00. The molecule has 0 amide bonds. The third-order valence-electron chi connectivity index (χ3n) is 2.74. The Hall–Kier alpha value is 0.340. The molecule has 0 radical (unpaired) electrons. The highest BCUT2D eigenvalue weighted by Crippen LogP contribution is 2.24. The molecule has 102 valence electrons. The van der Waals surface area contributed by atoms with Crippen LogP contribution in [0.4, 0.5) is 0 Å². The quantitative estimate of drug-likeness (QED) is 0.740. The van der Waals surface area contributed by atoms with E-state index in [1.165, 1.54) is 0 Å². The maximum absolute atomic E-state index is 11.7. The van der Waals surface area contributed by atoms with Crippen LogP contribution in [0.15, 0.2) is 0 Å². The number of rotatable bonds is 5. The molecule has 0 heterocycles. The van der Waals surface area contributed by atoms with Crippen molar-refractivity contribution in [3.8, 4) is 0 Å². The Morgan fingerprint density at radius 3 is 2.24 bits per heavy atom. The van der Waals surface area contributed by atoms with Gasteiger partial charge >= 0.3 is 0 Å². The van der Waals surface area contributed by atoms with Crippen LogP contribution >= 0.6 is 15.9 Å². The summed E-state index contributed by atoms with van der Waals surface area (Å²) in [5.41, 5.74) is 0. The monoisotopic (exact) mass is 347 g/mol. The van der Waals surface area contributed by atoms with E-state index < -0.39 is 19.9 Å². The standard InChI is InChI=1S/C9H18BrNO4S2/c1-16(12,13)6-7-17(14,15)11-9-5-3-2-4-8(9)10/h8-9,11H,2-7H2,1H3. The van der Waals surface area contributed by atoms with Crippen LogP contribution in [0.3, 0.4) is 0 Å². The van der Waals surface area contributed by atoms with Crippen LogP contribution < -0.4 is 4.72 Å². The molecule has 0 aromatic heterocycles. The fourth-order valence-corrected chi connectivity index (χ4v) is 5.61. The molecule has 2 atom stereocenters. The van der Waals surface area contributed by atoms with Crippen LogP contribution in [0.1, 0.15) is 25.7 Å². The summed E-state index contributed by atoms with van der Waals surface area (Å²) in [4.78, 5) is 0.143. The van der Waals surface area contributed by atoms with Gasteiger partial charge in [-0.15, -0.1) is 0 Å². The van der Waals surface area contributed by atoms with Crippen molar-refractivity contribution < 1.29 is 16.8 Å². The number of nitrogens with one attached hydrogen (secondary N) is 1. The molecule has 0 saturated heterocycles. The zero-order chi connectivity index (χ0) is 13.1. The molecule has 0 aromatic carbocycles. The second kappa shape index (κ2) is 5.99. The van der Waals surface area contributed by atoms with Crippen molar-refractivity contribution in [2.75, 3.05) is 17.8 Å². The molecule has 0 spiro atoms. The van der Waals surface area contributed by atoms with E-state index in [0.717, 1.165) is 31.9 Å². The van der Waals surface area contributed by atoms with Gasteiger partial charge in [-0.1, -0.05) is 28.8 Å². The summed E-state index contributed by atoms with van der Waals surface area (Å²) in [5, 5.41) is 0. The molecule has 2 unspecified atom stereocenters. The summed E-state index contributed by atoms with van der Waals surface area (Å²) < 4.78 is 47.8. The lowest BCUT2D eigenvalue weighted by atomic mass is 9.96. The van der Waals surface area contributed by atoms with Crippen LogP contribution in [0.2, 0.25) is 0 Å². The predicted octanol–water partition coefficient (Wildman–Crippen LogP) is 0.657. The first-order chi connectivity index (χ1) is 7.70. The van der Waals surface area contributed by atoms with Gasteiger partial charge in [0.15, 0.2) is 0 Å². The Bertz CT molecular complexity index is 446. The van der Waals surface area contributed by atoms with Crippen molar-refractivity contribution in [1.82, 2.24) is 4.72 Å². The van der Waals surface area contributed by atoms with Gasteiger partial charge in [-0.25, -0.2) is 21.6 Å². The summed E-state index contributed by atoms with van der Waals surface area (Å²) in [7, 11) is -6.75. The topological polar surface area (TPSA) is 80.3 Å². The Balaban J connectivity index is 2.54. The largest absolute Gasteiger partial charge is 0.229 e. The van der Waals surface area contributed by atoms with Crippen LogP contribution in [0, 0.1) is 0 Å². The molecule has 0 aliphatic heterocycles. The summed E-state index contributed by atoms with van der Waals surface area (Å²) in [5.74, 6) is -0.690. The van der Waals surface area contributed by atoms with Gasteiger partial charge in [0.1, 0.15) is 9.84 Å². The molecule has 1 saturated carbocycles. The molecule has 17 heavy (non-hydrogen) atoms. The summed E-state index contributed by atoms with van der Waals surface area (Å²) >= 11 is 3.45. The lowest BCUT2D eigenvalue weighted by Crippen LogP contribution is -2.44. The van der Waals surface area contributed by atoms with E-state index in [1.807, 2.05) is 0 Å². The Kier molecular flexibility index (Phi) is 5.42. The van der Waals surface area contributed by atoms with Crippen LogP contribution in [-0.4, -0.2) is 45.5 Å². The predicted molar refractivity (Wildman–Crippen MR) is 71.6 cm³/mol. The molecular weight excluding hydrogens is 330 g/mol. The lowest BCUT2D eigenvalue weighted by Gasteiger charge is -2.27. The molecule has 8 heteroatoms. The first-order valence-corrected chi connectivity index (χ1v) is 10.1. The summed E-state index contributed by atoms with van der Waals surface area (Å²) in [6.45, 7) is 0. The van der Waals surface area contributed by atoms with Crippen molar-refractivity contribution in [3.63, 3.8) is 0 Å². The van der Waals surface area contributed by atoms with Gasteiger partial charge in [0.2, 0.25) is 10.0 Å². The van der Waals surface area contributed by atoms with Crippen molar-refractivity contribution in [3.05, 3.63) is 0 Å². The van der Waals surface area contributed by atoms with E-state index >= 15 is 0 Å². The third-order valence-corrected chi connectivity index (χ3v) is 6.44. The van der Waals surface area contributed by atoms with Gasteiger partial charge in [0.05, 0.1) is 11.5 Å². The minimum Gasteiger partial charge on any atom is -0.229 e. The van der Waals surface area contributed by atoms with Crippen molar-refractivity contribution in [2.24, 2.45) is 0 Å². The normalized spacial score (nSPS) is 26.9. The van der Waals surface area contributed by atoms with Gasteiger partial charge in [-0.3, -0.25) is 0 Å². The smallest absolute Gasteiger partial charge is 0.212 e. The van der Waals surface area contributed by atoms with Gasteiger partial charge in [-0.05, 0) is 12.8 Å². The van der Waals surface area contributed by atoms with Crippen LogP contribution in [-0.2, 0) is 19.9 Å². The van der Waals surface area contributed by atoms with E-state index in [4.69, 9.17) is 0 Å². The van der Waals surface area contributed by atoms with E-state index in [9.17, 15) is 16.8 Å². The molecular formula is C9H18BrNO4S2. The minimum atomic E-state index is -3.51. The number of hydrogen-bond acceptors (Lipinski definition) is 4. The first kappa shape index (κ1) is 15.4. The highest BCUT2D eigenvalue weighted by molar-refractivity contribution is 9.09. The van der Waals surface area contributed by atoms with E-state index in [-0.39, 0.29) is 22.4 Å². The number of sulfonamides is 1. The third kappa shape index (κ3) is 6.17. The Labute approximate surface area is 111 Å². The van der Waals surface area contributed by atoms with Gasteiger partial charge < -0.3 is 0 Å². The van der Waals surface area contributed by atoms with Gasteiger partial charge in [0.25, 0.3) is 0 Å². The number of hydrogen-bond donors (Lipinski definition) is 1. The Morgan fingerprint density at radius 2 is 1.71 bits per heavy atom. The molecule has 1 aliphatic carbocycles. The number of halogens is 1. The van der Waals surface area contributed by atoms with Gasteiger partial charge in [0, 0.05) is 17.1 Å². The highest BCUT2D eigenvalue weighted by Gasteiger charge is 2.27. The number of sulfone groups is 1. The lowest BCUT2D eigenvalue weighted by molar-refractivity contribution is 0.427. The summed E-state index contributed by atoms with van der Waals surface area (Å²) in [6.07, 6.45) is 4.88. The van der Waals surface area contributed by atoms with E-state index in [1.54, 1.807) is 0 Å². The van der Waals surface area contributed by atoms with E-state index in [2.05, 4.69) is 20.7 Å². The zero-order valence-corrected chi connectivity index (χ0v) is 12.9.